The Labute approximate surface area is 117 Å². The Balaban J connectivity index is 2.13. The van der Waals surface area contributed by atoms with Crippen LogP contribution in [0.3, 0.4) is 0 Å². The van der Waals surface area contributed by atoms with E-state index in [1.165, 1.54) is 18.2 Å². The molecule has 1 aliphatic rings. The molecule has 0 heterocycles. The van der Waals surface area contributed by atoms with Crippen molar-refractivity contribution in [2.45, 2.75) is 17.7 Å². The van der Waals surface area contributed by atoms with Crippen LogP contribution in [0.15, 0.2) is 23.1 Å². The van der Waals surface area contributed by atoms with Crippen LogP contribution in [0.4, 0.5) is 0 Å². The van der Waals surface area contributed by atoms with E-state index in [0.29, 0.717) is 18.1 Å². The van der Waals surface area contributed by atoms with Gasteiger partial charge in [-0.15, -0.1) is 0 Å². The second-order valence-electron chi connectivity index (χ2n) is 4.60. The minimum atomic E-state index is -3.55. The summed E-state index contributed by atoms with van der Waals surface area (Å²) in [5, 5.41) is 0.552. The van der Waals surface area contributed by atoms with E-state index in [1.54, 1.807) is 0 Å². The molecule has 18 heavy (non-hydrogen) atoms. The van der Waals surface area contributed by atoms with Crippen molar-refractivity contribution in [1.29, 1.82) is 0 Å². The van der Waals surface area contributed by atoms with Crippen LogP contribution in [0.5, 0.6) is 0 Å². The van der Waals surface area contributed by atoms with Gasteiger partial charge in [0.25, 0.3) is 0 Å². The van der Waals surface area contributed by atoms with Crippen molar-refractivity contribution in [3.63, 3.8) is 0 Å². The van der Waals surface area contributed by atoms with Gasteiger partial charge in [-0.25, -0.2) is 13.1 Å². The standard InChI is InChI=1S/C11H14Cl2N2O2S/c12-9-2-1-8(5-10(9)13)18(16,17)15-7-11(6-14)3-4-11/h1-2,5,15H,3-4,6-7,14H2. The normalized spacial score (nSPS) is 17.7. The number of hydrogen-bond acceptors (Lipinski definition) is 3. The Morgan fingerprint density at radius 2 is 1.94 bits per heavy atom. The van der Waals surface area contributed by atoms with E-state index in [9.17, 15) is 8.42 Å². The van der Waals surface area contributed by atoms with Gasteiger partial charge in [-0.1, -0.05) is 23.2 Å². The van der Waals surface area contributed by atoms with E-state index < -0.39 is 10.0 Å². The van der Waals surface area contributed by atoms with Gasteiger partial charge < -0.3 is 5.73 Å². The first-order valence-electron chi connectivity index (χ1n) is 5.53. The molecule has 1 aliphatic carbocycles. The summed E-state index contributed by atoms with van der Waals surface area (Å²) in [6, 6.07) is 4.24. The highest BCUT2D eigenvalue weighted by molar-refractivity contribution is 7.89. The fraction of sp³-hybridized carbons (Fsp3) is 0.455. The Morgan fingerprint density at radius 1 is 1.28 bits per heavy atom. The van der Waals surface area contributed by atoms with Gasteiger partial charge in [0.1, 0.15) is 0 Å². The number of hydrogen-bond donors (Lipinski definition) is 2. The molecule has 7 heteroatoms. The van der Waals surface area contributed by atoms with E-state index in [1.807, 2.05) is 0 Å². The maximum atomic E-state index is 12.0. The smallest absolute Gasteiger partial charge is 0.240 e. The van der Waals surface area contributed by atoms with Crippen molar-refractivity contribution < 1.29 is 8.42 Å². The molecule has 3 N–H and O–H groups in total. The Kier molecular flexibility index (Phi) is 3.90. The summed E-state index contributed by atoms with van der Waals surface area (Å²) in [4.78, 5) is 0.115. The second kappa shape index (κ2) is 4.98. The second-order valence-corrected chi connectivity index (χ2v) is 7.19. The quantitative estimate of drug-likeness (QED) is 0.874. The van der Waals surface area contributed by atoms with Crippen LogP contribution < -0.4 is 10.5 Å². The Bertz CT molecular complexity index is 556. The SMILES string of the molecule is NCC1(CNS(=O)(=O)c2ccc(Cl)c(Cl)c2)CC1. The molecule has 0 spiro atoms. The highest BCUT2D eigenvalue weighted by atomic mass is 35.5. The monoisotopic (exact) mass is 308 g/mol. The summed E-state index contributed by atoms with van der Waals surface area (Å²) in [5.41, 5.74) is 5.56. The maximum absolute atomic E-state index is 12.0. The van der Waals surface area contributed by atoms with Gasteiger partial charge in [0.2, 0.25) is 10.0 Å². The maximum Gasteiger partial charge on any atom is 0.240 e. The molecule has 4 nitrogen and oxygen atoms in total. The zero-order valence-corrected chi connectivity index (χ0v) is 11.9. The summed E-state index contributed by atoms with van der Waals surface area (Å²) in [5.74, 6) is 0. The van der Waals surface area contributed by atoms with Crippen molar-refractivity contribution in [2.75, 3.05) is 13.1 Å². The third-order valence-electron chi connectivity index (χ3n) is 3.23. The third kappa shape index (κ3) is 2.97. The van der Waals surface area contributed by atoms with Gasteiger partial charge >= 0.3 is 0 Å². The van der Waals surface area contributed by atoms with E-state index in [-0.39, 0.29) is 15.3 Å². The highest BCUT2D eigenvalue weighted by Gasteiger charge is 2.41. The van der Waals surface area contributed by atoms with E-state index >= 15 is 0 Å². The molecule has 0 aliphatic heterocycles. The predicted molar refractivity (Wildman–Crippen MR) is 72.4 cm³/mol. The zero-order valence-electron chi connectivity index (χ0n) is 9.62. The Morgan fingerprint density at radius 3 is 2.44 bits per heavy atom. The molecule has 0 aromatic heterocycles. The van der Waals surface area contributed by atoms with Crippen LogP contribution in [0, 0.1) is 5.41 Å². The van der Waals surface area contributed by atoms with Crippen LogP contribution in [0.2, 0.25) is 10.0 Å². The Hall–Kier alpha value is -0.330. The minimum absolute atomic E-state index is 0.0523. The van der Waals surface area contributed by atoms with Gasteiger partial charge in [0, 0.05) is 6.54 Å². The molecule has 1 fully saturated rings. The van der Waals surface area contributed by atoms with Crippen molar-refractivity contribution in [3.05, 3.63) is 28.2 Å². The van der Waals surface area contributed by atoms with Crippen molar-refractivity contribution in [1.82, 2.24) is 4.72 Å². The zero-order chi connectivity index (χ0) is 13.4. The topological polar surface area (TPSA) is 72.2 Å². The molecule has 1 saturated carbocycles. The van der Waals surface area contributed by atoms with Gasteiger partial charge in [-0.3, -0.25) is 0 Å². The van der Waals surface area contributed by atoms with Crippen LogP contribution in [0.25, 0.3) is 0 Å². The van der Waals surface area contributed by atoms with Crippen molar-refractivity contribution >= 4 is 33.2 Å². The lowest BCUT2D eigenvalue weighted by Crippen LogP contribution is -2.33. The molecule has 0 saturated heterocycles. The molecule has 1 aromatic rings. The number of sulfonamides is 1. The lowest BCUT2D eigenvalue weighted by molar-refractivity contribution is 0.501. The molecular weight excluding hydrogens is 295 g/mol. The summed E-state index contributed by atoms with van der Waals surface area (Å²) in [7, 11) is -3.55. The van der Waals surface area contributed by atoms with Crippen LogP contribution in [-0.2, 0) is 10.0 Å². The molecular formula is C11H14Cl2N2O2S. The molecule has 0 bridgehead atoms. The largest absolute Gasteiger partial charge is 0.330 e. The lowest BCUT2D eigenvalue weighted by atomic mass is 10.1. The molecule has 0 unspecified atom stereocenters. The number of rotatable bonds is 5. The molecule has 0 atom stereocenters. The molecule has 2 rings (SSSR count). The van der Waals surface area contributed by atoms with E-state index in [2.05, 4.69) is 4.72 Å². The number of halogens is 2. The van der Waals surface area contributed by atoms with Gasteiger partial charge in [-0.2, -0.15) is 0 Å². The van der Waals surface area contributed by atoms with Crippen LogP contribution in [0.1, 0.15) is 12.8 Å². The van der Waals surface area contributed by atoms with Crippen LogP contribution in [-0.4, -0.2) is 21.5 Å². The molecule has 1 aromatic carbocycles. The minimum Gasteiger partial charge on any atom is -0.330 e. The average Bonchev–Trinajstić information content (AvgIpc) is 3.11. The van der Waals surface area contributed by atoms with Crippen molar-refractivity contribution in [2.24, 2.45) is 11.1 Å². The summed E-state index contributed by atoms with van der Waals surface area (Å²) >= 11 is 11.6. The highest BCUT2D eigenvalue weighted by Crippen LogP contribution is 2.43. The van der Waals surface area contributed by atoms with E-state index in [0.717, 1.165) is 12.8 Å². The van der Waals surface area contributed by atoms with Gasteiger partial charge in [0.05, 0.1) is 14.9 Å². The molecule has 0 radical (unpaired) electrons. The average molecular weight is 309 g/mol. The third-order valence-corrected chi connectivity index (χ3v) is 5.37. The number of nitrogens with two attached hydrogens (primary N) is 1. The summed E-state index contributed by atoms with van der Waals surface area (Å²) < 4.78 is 26.6. The first-order valence-corrected chi connectivity index (χ1v) is 7.77. The lowest BCUT2D eigenvalue weighted by Gasteiger charge is -2.13. The fourth-order valence-corrected chi connectivity index (χ4v) is 3.15. The number of nitrogens with one attached hydrogen (secondary N) is 1. The summed E-state index contributed by atoms with van der Waals surface area (Å²) in [6.07, 6.45) is 1.93. The van der Waals surface area contributed by atoms with E-state index in [4.69, 9.17) is 28.9 Å². The summed E-state index contributed by atoms with van der Waals surface area (Å²) in [6.45, 7) is 0.864. The first-order chi connectivity index (χ1) is 8.38. The number of benzene rings is 1. The first kappa shape index (κ1) is 14.1. The fourth-order valence-electron chi connectivity index (χ4n) is 1.61. The van der Waals surface area contributed by atoms with Crippen LogP contribution >= 0.6 is 23.2 Å². The predicted octanol–water partition coefficient (Wildman–Crippen LogP) is 2.01. The van der Waals surface area contributed by atoms with Gasteiger partial charge in [-0.05, 0) is 43.0 Å². The molecule has 100 valence electrons. The molecule has 0 amide bonds. The van der Waals surface area contributed by atoms with Gasteiger partial charge in [0.15, 0.2) is 0 Å². The van der Waals surface area contributed by atoms with Crippen molar-refractivity contribution in [3.8, 4) is 0 Å².